The van der Waals surface area contributed by atoms with Crippen molar-refractivity contribution in [3.05, 3.63) is 45.9 Å². The summed E-state index contributed by atoms with van der Waals surface area (Å²) in [4.78, 5) is 25.0. The van der Waals surface area contributed by atoms with Crippen LogP contribution in [0, 0.1) is 11.8 Å². The van der Waals surface area contributed by atoms with Crippen molar-refractivity contribution in [1.82, 2.24) is 0 Å². The van der Waals surface area contributed by atoms with Crippen molar-refractivity contribution in [3.8, 4) is 5.75 Å². The number of carbonyl (C=O) groups is 2. The van der Waals surface area contributed by atoms with Gasteiger partial charge >= 0.3 is 5.97 Å². The summed E-state index contributed by atoms with van der Waals surface area (Å²) in [6.45, 7) is -0.226. The van der Waals surface area contributed by atoms with E-state index in [1.54, 1.807) is 31.4 Å². The average molecular weight is 419 g/mol. The highest BCUT2D eigenvalue weighted by molar-refractivity contribution is 6.59. The number of carbonyl (C=O) groups excluding carboxylic acids is 2. The summed E-state index contributed by atoms with van der Waals surface area (Å²) in [5, 5.41) is 2.85. The van der Waals surface area contributed by atoms with E-state index in [0.717, 1.165) is 0 Å². The van der Waals surface area contributed by atoms with Gasteiger partial charge in [0.1, 0.15) is 16.8 Å². The molecule has 0 heterocycles. The summed E-state index contributed by atoms with van der Waals surface area (Å²) in [6, 6.07) is 6.95. The Bertz CT molecular complexity index is 712. The Kier molecular flexibility index (Phi) is 7.82. The minimum atomic E-state index is -0.600. The molecule has 0 aromatic heterocycles. The molecule has 1 aliphatic carbocycles. The van der Waals surface area contributed by atoms with Crippen molar-refractivity contribution in [2.24, 2.45) is 11.8 Å². The van der Waals surface area contributed by atoms with E-state index in [4.69, 9.17) is 44.3 Å². The van der Waals surface area contributed by atoms with Gasteiger partial charge in [-0.15, -0.1) is 0 Å². The first-order chi connectivity index (χ1) is 12.4. The van der Waals surface area contributed by atoms with Gasteiger partial charge in [0.05, 0.1) is 24.0 Å². The molecule has 2 atom stereocenters. The van der Waals surface area contributed by atoms with Crippen LogP contribution in [0.4, 0.5) is 5.69 Å². The van der Waals surface area contributed by atoms with Gasteiger partial charge < -0.3 is 14.8 Å². The molecule has 0 radical (unpaired) electrons. The molecule has 5 nitrogen and oxygen atoms in total. The SMILES string of the molecule is COc1ccc(NC(=O)[C@@H]2CC=CC[C@@H]2C(=O)OCC(Cl)=C(Cl)Cl)cc1. The molecule has 1 aliphatic rings. The summed E-state index contributed by atoms with van der Waals surface area (Å²) < 4.78 is 10.1. The third-order valence-corrected chi connectivity index (χ3v) is 4.92. The van der Waals surface area contributed by atoms with Gasteiger partial charge in [0.2, 0.25) is 5.91 Å². The first-order valence-corrected chi connectivity index (χ1v) is 9.02. The smallest absolute Gasteiger partial charge is 0.310 e. The normalized spacial score (nSPS) is 18.8. The van der Waals surface area contributed by atoms with Gasteiger partial charge in [-0.2, -0.15) is 0 Å². The van der Waals surface area contributed by atoms with Gasteiger partial charge in [0, 0.05) is 5.69 Å². The fourth-order valence-electron chi connectivity index (χ4n) is 2.57. The predicted molar refractivity (Wildman–Crippen MR) is 103 cm³/mol. The molecular weight excluding hydrogens is 401 g/mol. The second-order valence-electron chi connectivity index (χ2n) is 5.65. The molecule has 0 spiro atoms. The summed E-state index contributed by atoms with van der Waals surface area (Å²) in [5.41, 5.74) is 0.623. The molecule has 26 heavy (non-hydrogen) atoms. The van der Waals surface area contributed by atoms with Crippen LogP contribution in [0.15, 0.2) is 45.9 Å². The third kappa shape index (κ3) is 5.66. The number of hydrogen-bond acceptors (Lipinski definition) is 4. The zero-order valence-electron chi connectivity index (χ0n) is 14.0. The van der Waals surface area contributed by atoms with E-state index in [2.05, 4.69) is 5.32 Å². The summed E-state index contributed by atoms with van der Waals surface area (Å²) >= 11 is 16.8. The molecule has 0 fully saturated rings. The zero-order valence-corrected chi connectivity index (χ0v) is 16.3. The number of amides is 1. The first kappa shape index (κ1) is 20.6. The summed E-state index contributed by atoms with van der Waals surface area (Å²) in [5.74, 6) is -1.22. The molecule has 0 bridgehead atoms. The van der Waals surface area contributed by atoms with E-state index in [1.807, 2.05) is 12.2 Å². The van der Waals surface area contributed by atoms with E-state index < -0.39 is 17.8 Å². The maximum Gasteiger partial charge on any atom is 0.310 e. The average Bonchev–Trinajstić information content (AvgIpc) is 2.66. The van der Waals surface area contributed by atoms with Gasteiger partial charge in [-0.25, -0.2) is 0 Å². The van der Waals surface area contributed by atoms with Crippen molar-refractivity contribution < 1.29 is 19.1 Å². The van der Waals surface area contributed by atoms with Crippen LogP contribution in [-0.4, -0.2) is 25.6 Å². The Morgan fingerprint density at radius 3 is 2.27 bits per heavy atom. The Hall–Kier alpha value is -1.69. The van der Waals surface area contributed by atoms with Gasteiger partial charge in [0.25, 0.3) is 0 Å². The highest BCUT2D eigenvalue weighted by Gasteiger charge is 2.35. The molecule has 1 N–H and O–H groups in total. The molecule has 1 aromatic carbocycles. The van der Waals surface area contributed by atoms with Crippen molar-refractivity contribution in [1.29, 1.82) is 0 Å². The van der Waals surface area contributed by atoms with Crippen LogP contribution in [-0.2, 0) is 14.3 Å². The van der Waals surface area contributed by atoms with Gasteiger partial charge in [-0.3, -0.25) is 9.59 Å². The molecule has 140 valence electrons. The standard InChI is InChI=1S/C18H18Cl3NO4/c1-25-12-8-6-11(7-9-12)22-17(23)13-4-2-3-5-14(13)18(24)26-10-15(19)16(20)21/h2-3,6-9,13-14H,4-5,10H2,1H3,(H,22,23)/t13-,14+/m1/s1. The molecule has 8 heteroatoms. The van der Waals surface area contributed by atoms with Crippen LogP contribution in [0.1, 0.15) is 12.8 Å². The van der Waals surface area contributed by atoms with Crippen LogP contribution in [0.3, 0.4) is 0 Å². The number of allylic oxidation sites excluding steroid dienone is 2. The zero-order chi connectivity index (χ0) is 19.1. The van der Waals surface area contributed by atoms with E-state index in [0.29, 0.717) is 24.3 Å². The maximum absolute atomic E-state index is 12.6. The second kappa shape index (κ2) is 9.86. The molecular formula is C18H18Cl3NO4. The Morgan fingerprint density at radius 2 is 1.69 bits per heavy atom. The van der Waals surface area contributed by atoms with Crippen molar-refractivity contribution in [2.45, 2.75) is 12.8 Å². The largest absolute Gasteiger partial charge is 0.497 e. The number of ether oxygens (including phenoxy) is 2. The number of esters is 1. The van der Waals surface area contributed by atoms with Crippen LogP contribution < -0.4 is 10.1 Å². The minimum absolute atomic E-state index is 0.0345. The Balaban J connectivity index is 2.02. The number of methoxy groups -OCH3 is 1. The summed E-state index contributed by atoms with van der Waals surface area (Å²) in [7, 11) is 1.57. The van der Waals surface area contributed by atoms with Crippen molar-refractivity contribution in [2.75, 3.05) is 19.0 Å². The highest BCUT2D eigenvalue weighted by atomic mass is 35.5. The monoisotopic (exact) mass is 417 g/mol. The molecule has 2 rings (SSSR count). The highest BCUT2D eigenvalue weighted by Crippen LogP contribution is 2.29. The molecule has 0 aliphatic heterocycles. The lowest BCUT2D eigenvalue weighted by Gasteiger charge is -2.26. The second-order valence-corrected chi connectivity index (χ2v) is 7.05. The van der Waals surface area contributed by atoms with Crippen LogP contribution in [0.2, 0.25) is 0 Å². The van der Waals surface area contributed by atoms with E-state index in [1.165, 1.54) is 0 Å². The van der Waals surface area contributed by atoms with E-state index in [-0.39, 0.29) is 22.0 Å². The molecule has 0 saturated carbocycles. The first-order valence-electron chi connectivity index (χ1n) is 7.88. The van der Waals surface area contributed by atoms with Crippen molar-refractivity contribution >= 4 is 52.4 Å². The molecule has 1 aromatic rings. The lowest BCUT2D eigenvalue weighted by atomic mass is 9.82. The molecule has 0 saturated heterocycles. The molecule has 1 amide bonds. The third-order valence-electron chi connectivity index (χ3n) is 3.98. The minimum Gasteiger partial charge on any atom is -0.497 e. The lowest BCUT2D eigenvalue weighted by molar-refractivity contribution is -0.151. The van der Waals surface area contributed by atoms with Gasteiger partial charge in [-0.1, -0.05) is 47.0 Å². The van der Waals surface area contributed by atoms with Crippen LogP contribution in [0.5, 0.6) is 5.75 Å². The Morgan fingerprint density at radius 1 is 1.08 bits per heavy atom. The predicted octanol–water partition coefficient (Wildman–Crippen LogP) is 4.64. The number of anilines is 1. The number of benzene rings is 1. The quantitative estimate of drug-likeness (QED) is 0.540. The Labute approximate surface area is 166 Å². The molecule has 0 unspecified atom stereocenters. The van der Waals surface area contributed by atoms with E-state index >= 15 is 0 Å². The maximum atomic E-state index is 12.6. The topological polar surface area (TPSA) is 64.6 Å². The van der Waals surface area contributed by atoms with Crippen LogP contribution in [0.25, 0.3) is 0 Å². The van der Waals surface area contributed by atoms with Crippen molar-refractivity contribution in [3.63, 3.8) is 0 Å². The van der Waals surface area contributed by atoms with E-state index in [9.17, 15) is 9.59 Å². The summed E-state index contributed by atoms with van der Waals surface area (Å²) in [6.07, 6.45) is 4.59. The lowest BCUT2D eigenvalue weighted by Crippen LogP contribution is -2.36. The number of halogens is 3. The fraction of sp³-hybridized carbons (Fsp3) is 0.333. The van der Waals surface area contributed by atoms with Gasteiger partial charge in [0.15, 0.2) is 0 Å². The number of nitrogens with one attached hydrogen (secondary N) is 1. The number of hydrogen-bond donors (Lipinski definition) is 1. The van der Waals surface area contributed by atoms with Gasteiger partial charge in [-0.05, 0) is 37.1 Å². The fourth-order valence-corrected chi connectivity index (χ4v) is 2.73. The number of rotatable bonds is 6. The van der Waals surface area contributed by atoms with Crippen LogP contribution >= 0.6 is 34.8 Å².